The Morgan fingerprint density at radius 1 is 1.00 bits per heavy atom. The number of amides is 1. The first-order chi connectivity index (χ1) is 14.1. The van der Waals surface area contributed by atoms with Crippen LogP contribution < -0.4 is 5.32 Å². The minimum atomic E-state index is -0.537. The van der Waals surface area contributed by atoms with E-state index in [1.165, 1.54) is 25.0 Å². The topological polar surface area (TPSA) is 101 Å². The van der Waals surface area contributed by atoms with Gasteiger partial charge in [-0.2, -0.15) is 0 Å². The van der Waals surface area contributed by atoms with Crippen molar-refractivity contribution in [2.75, 3.05) is 5.32 Å². The standard InChI is InChI=1S/C21H17N5O2S/c1-13(27)14-7-9-16(10-8-14)26-20(28)18(15-5-3-2-4-6-15)29-21-17-19(23-11-22-17)24-12-25-21/h2-12,18H,1H3,(H,26,28)(H,22,23,24,25)/t18-/m1/s1. The molecule has 0 saturated heterocycles. The summed E-state index contributed by atoms with van der Waals surface area (Å²) in [6.07, 6.45) is 2.99. The molecule has 0 radical (unpaired) electrons. The molecule has 144 valence electrons. The number of aromatic nitrogens is 4. The fourth-order valence-electron chi connectivity index (χ4n) is 2.84. The predicted octanol–water partition coefficient (Wildman–Crippen LogP) is 4.03. The Morgan fingerprint density at radius 2 is 1.76 bits per heavy atom. The molecule has 7 nitrogen and oxygen atoms in total. The lowest BCUT2D eigenvalue weighted by atomic mass is 10.1. The summed E-state index contributed by atoms with van der Waals surface area (Å²) in [5.41, 5.74) is 3.31. The first kappa shape index (κ1) is 18.8. The molecule has 0 fully saturated rings. The molecule has 2 aromatic carbocycles. The Morgan fingerprint density at radius 3 is 2.48 bits per heavy atom. The quantitative estimate of drug-likeness (QED) is 0.286. The second-order valence-corrected chi connectivity index (χ2v) is 7.41. The van der Waals surface area contributed by atoms with Gasteiger partial charge < -0.3 is 10.3 Å². The largest absolute Gasteiger partial charge is 0.341 e. The third kappa shape index (κ3) is 4.17. The van der Waals surface area contributed by atoms with Crippen LogP contribution in [-0.4, -0.2) is 31.6 Å². The van der Waals surface area contributed by atoms with Crippen molar-refractivity contribution >= 4 is 40.3 Å². The Bertz CT molecular complexity index is 1160. The minimum absolute atomic E-state index is 0.0204. The number of benzene rings is 2. The normalized spacial score (nSPS) is 11.9. The van der Waals surface area contributed by atoms with Gasteiger partial charge >= 0.3 is 0 Å². The summed E-state index contributed by atoms with van der Waals surface area (Å²) in [4.78, 5) is 40.2. The fraction of sp³-hybridized carbons (Fsp3) is 0.0952. The highest BCUT2D eigenvalue weighted by molar-refractivity contribution is 8.00. The van der Waals surface area contributed by atoms with E-state index in [1.807, 2.05) is 30.3 Å². The van der Waals surface area contributed by atoms with Gasteiger partial charge in [0, 0.05) is 11.3 Å². The number of anilines is 1. The Kier molecular flexibility index (Phi) is 5.35. The molecule has 4 aromatic rings. The zero-order valence-electron chi connectivity index (χ0n) is 15.5. The van der Waals surface area contributed by atoms with Gasteiger partial charge in [0.25, 0.3) is 0 Å². The zero-order valence-corrected chi connectivity index (χ0v) is 16.3. The highest BCUT2D eigenvalue weighted by Crippen LogP contribution is 2.37. The summed E-state index contributed by atoms with van der Waals surface area (Å²) in [5.74, 6) is -0.212. The maximum Gasteiger partial charge on any atom is 0.242 e. The number of imidazole rings is 1. The first-order valence-corrected chi connectivity index (χ1v) is 9.77. The molecular formula is C21H17N5O2S. The molecule has 0 aliphatic rings. The molecule has 4 rings (SSSR count). The van der Waals surface area contributed by atoms with Crippen molar-refractivity contribution in [3.63, 3.8) is 0 Å². The van der Waals surface area contributed by atoms with Gasteiger partial charge in [0.05, 0.1) is 6.33 Å². The smallest absolute Gasteiger partial charge is 0.242 e. The van der Waals surface area contributed by atoms with Crippen LogP contribution in [0.15, 0.2) is 72.3 Å². The number of H-pyrrole nitrogens is 1. The monoisotopic (exact) mass is 403 g/mol. The first-order valence-electron chi connectivity index (χ1n) is 8.89. The van der Waals surface area contributed by atoms with E-state index >= 15 is 0 Å². The highest BCUT2D eigenvalue weighted by Gasteiger charge is 2.24. The lowest BCUT2D eigenvalue weighted by molar-refractivity contribution is -0.115. The third-order valence-corrected chi connectivity index (χ3v) is 5.57. The molecule has 0 unspecified atom stereocenters. The third-order valence-electron chi connectivity index (χ3n) is 4.32. The average Bonchev–Trinajstić information content (AvgIpc) is 3.22. The number of nitrogens with one attached hydrogen (secondary N) is 2. The summed E-state index contributed by atoms with van der Waals surface area (Å²) in [6.45, 7) is 1.51. The van der Waals surface area contributed by atoms with Crippen molar-refractivity contribution in [2.24, 2.45) is 0 Å². The van der Waals surface area contributed by atoms with E-state index in [1.54, 1.807) is 30.6 Å². The summed E-state index contributed by atoms with van der Waals surface area (Å²) in [6, 6.07) is 16.3. The van der Waals surface area contributed by atoms with Crippen LogP contribution in [0.3, 0.4) is 0 Å². The van der Waals surface area contributed by atoms with Gasteiger partial charge in [0.1, 0.15) is 22.1 Å². The molecular weight excluding hydrogens is 386 g/mol. The number of nitrogens with zero attached hydrogens (tertiary/aromatic N) is 3. The van der Waals surface area contributed by atoms with Gasteiger partial charge in [-0.15, -0.1) is 0 Å². The summed E-state index contributed by atoms with van der Waals surface area (Å²) >= 11 is 1.32. The van der Waals surface area contributed by atoms with Crippen LogP contribution in [0, 0.1) is 0 Å². The number of thioether (sulfide) groups is 1. The molecule has 0 saturated carbocycles. The predicted molar refractivity (Wildman–Crippen MR) is 112 cm³/mol. The second-order valence-electron chi connectivity index (χ2n) is 6.31. The zero-order chi connectivity index (χ0) is 20.2. The highest BCUT2D eigenvalue weighted by atomic mass is 32.2. The molecule has 0 bridgehead atoms. The number of hydrogen-bond donors (Lipinski definition) is 2. The van der Waals surface area contributed by atoms with Crippen LogP contribution in [0.4, 0.5) is 5.69 Å². The molecule has 1 amide bonds. The van der Waals surface area contributed by atoms with Crippen molar-refractivity contribution in [2.45, 2.75) is 17.2 Å². The molecule has 2 N–H and O–H groups in total. The SMILES string of the molecule is CC(=O)c1ccc(NC(=O)[C@H](Sc2ncnc3nc[nH]c23)c2ccccc2)cc1. The average molecular weight is 403 g/mol. The van der Waals surface area contributed by atoms with E-state index in [9.17, 15) is 9.59 Å². The molecule has 0 aliphatic heterocycles. The molecule has 1 atom stereocenters. The number of aromatic amines is 1. The van der Waals surface area contributed by atoms with E-state index in [2.05, 4.69) is 25.3 Å². The summed E-state index contributed by atoms with van der Waals surface area (Å²) in [7, 11) is 0. The van der Waals surface area contributed by atoms with Crippen LogP contribution >= 0.6 is 11.8 Å². The molecule has 0 aliphatic carbocycles. The van der Waals surface area contributed by atoms with Crippen molar-refractivity contribution in [3.05, 3.63) is 78.4 Å². The van der Waals surface area contributed by atoms with Crippen molar-refractivity contribution in [1.29, 1.82) is 0 Å². The number of ketones is 1. The Hall–Kier alpha value is -3.52. The number of fused-ring (bicyclic) bond motifs is 1. The Balaban J connectivity index is 1.63. The van der Waals surface area contributed by atoms with Gasteiger partial charge in [-0.3, -0.25) is 9.59 Å². The van der Waals surface area contributed by atoms with Gasteiger partial charge in [0.15, 0.2) is 11.4 Å². The van der Waals surface area contributed by atoms with Crippen LogP contribution in [0.1, 0.15) is 28.1 Å². The van der Waals surface area contributed by atoms with E-state index in [4.69, 9.17) is 0 Å². The van der Waals surface area contributed by atoms with Gasteiger partial charge in [-0.25, -0.2) is 15.0 Å². The lowest BCUT2D eigenvalue weighted by Crippen LogP contribution is -2.19. The molecule has 8 heteroatoms. The number of hydrogen-bond acceptors (Lipinski definition) is 6. The number of carbonyl (C=O) groups excluding carboxylic acids is 2. The summed E-state index contributed by atoms with van der Waals surface area (Å²) in [5, 5.41) is 3.03. The lowest BCUT2D eigenvalue weighted by Gasteiger charge is -2.17. The number of rotatable bonds is 6. The molecule has 2 heterocycles. The van der Waals surface area contributed by atoms with Crippen molar-refractivity contribution in [3.8, 4) is 0 Å². The molecule has 2 aromatic heterocycles. The van der Waals surface area contributed by atoms with Gasteiger partial charge in [0.2, 0.25) is 5.91 Å². The van der Waals surface area contributed by atoms with E-state index in [0.717, 1.165) is 5.56 Å². The fourth-order valence-corrected chi connectivity index (χ4v) is 3.90. The minimum Gasteiger partial charge on any atom is -0.341 e. The maximum absolute atomic E-state index is 13.1. The van der Waals surface area contributed by atoms with Crippen molar-refractivity contribution < 1.29 is 9.59 Å². The van der Waals surface area contributed by atoms with Crippen molar-refractivity contribution in [1.82, 2.24) is 19.9 Å². The number of Topliss-reactive ketones (excluding diaryl/α,β-unsaturated/α-hetero) is 1. The Labute approximate surface area is 171 Å². The van der Waals surface area contributed by atoms with Crippen LogP contribution in [0.25, 0.3) is 11.2 Å². The van der Waals surface area contributed by atoms with E-state index in [0.29, 0.717) is 27.4 Å². The number of carbonyl (C=O) groups is 2. The molecule has 29 heavy (non-hydrogen) atoms. The van der Waals surface area contributed by atoms with Gasteiger partial charge in [-0.05, 0) is 36.8 Å². The molecule has 0 spiro atoms. The van der Waals surface area contributed by atoms with Gasteiger partial charge in [-0.1, -0.05) is 42.1 Å². The second kappa shape index (κ2) is 8.24. The summed E-state index contributed by atoms with van der Waals surface area (Å²) < 4.78 is 0. The van der Waals surface area contributed by atoms with E-state index < -0.39 is 5.25 Å². The van der Waals surface area contributed by atoms with E-state index in [-0.39, 0.29) is 11.7 Å². The van der Waals surface area contributed by atoms with Crippen LogP contribution in [-0.2, 0) is 4.79 Å². The van der Waals surface area contributed by atoms with Crippen LogP contribution in [0.2, 0.25) is 0 Å². The maximum atomic E-state index is 13.1. The van der Waals surface area contributed by atoms with Crippen LogP contribution in [0.5, 0.6) is 0 Å².